The number of amides is 1. The summed E-state index contributed by atoms with van der Waals surface area (Å²) in [7, 11) is 1.54. The fourth-order valence-electron chi connectivity index (χ4n) is 4.71. The van der Waals surface area contributed by atoms with Crippen molar-refractivity contribution < 1.29 is 24.2 Å². The summed E-state index contributed by atoms with van der Waals surface area (Å²) in [6, 6.07) is 17.3. The maximum Gasteiger partial charge on any atom is 0.300 e. The van der Waals surface area contributed by atoms with E-state index in [0.717, 1.165) is 16.7 Å². The first kappa shape index (κ1) is 25.0. The number of Topliss-reactive ketones (excluding diaryl/α,β-unsaturated/α-hetero) is 1. The van der Waals surface area contributed by atoms with E-state index < -0.39 is 17.7 Å². The van der Waals surface area contributed by atoms with Crippen LogP contribution in [-0.4, -0.2) is 30.0 Å². The van der Waals surface area contributed by atoms with E-state index >= 15 is 0 Å². The van der Waals surface area contributed by atoms with E-state index in [1.165, 1.54) is 4.90 Å². The summed E-state index contributed by atoms with van der Waals surface area (Å²) in [6.07, 6.45) is -0.00296. The molecule has 3 aromatic rings. The summed E-state index contributed by atoms with van der Waals surface area (Å²) in [5.74, 6) is -0.480. The van der Waals surface area contributed by atoms with Crippen molar-refractivity contribution in [3.05, 3.63) is 94.1 Å². The minimum Gasteiger partial charge on any atom is -0.507 e. The van der Waals surface area contributed by atoms with Gasteiger partial charge < -0.3 is 14.6 Å². The maximum atomic E-state index is 13.5. The Balaban J connectivity index is 1.95. The van der Waals surface area contributed by atoms with Crippen molar-refractivity contribution in [3.8, 4) is 11.5 Å². The molecule has 1 aliphatic rings. The molecule has 0 aromatic heterocycles. The van der Waals surface area contributed by atoms with Gasteiger partial charge in [-0.1, -0.05) is 24.3 Å². The highest BCUT2D eigenvalue weighted by atomic mass is 16.5. The van der Waals surface area contributed by atoms with E-state index in [0.29, 0.717) is 28.3 Å². The predicted octanol–water partition coefficient (Wildman–Crippen LogP) is 6.03. The first-order valence-corrected chi connectivity index (χ1v) is 11.9. The lowest BCUT2D eigenvalue weighted by atomic mass is 9.94. The number of aliphatic hydroxyl groups excluding tert-OH is 1. The van der Waals surface area contributed by atoms with Gasteiger partial charge in [0.05, 0.1) is 24.8 Å². The van der Waals surface area contributed by atoms with E-state index in [4.69, 9.17) is 9.47 Å². The normalized spacial score (nSPS) is 17.1. The second kappa shape index (κ2) is 9.90. The van der Waals surface area contributed by atoms with Crippen LogP contribution >= 0.6 is 0 Å². The van der Waals surface area contributed by atoms with Crippen LogP contribution in [-0.2, 0) is 9.59 Å². The van der Waals surface area contributed by atoms with Crippen LogP contribution in [0.1, 0.15) is 47.7 Å². The van der Waals surface area contributed by atoms with Crippen LogP contribution in [0.15, 0.2) is 66.2 Å². The van der Waals surface area contributed by atoms with Crippen LogP contribution in [0.4, 0.5) is 5.69 Å². The molecule has 1 atom stereocenters. The second-order valence-corrected chi connectivity index (χ2v) is 9.40. The van der Waals surface area contributed by atoms with E-state index in [-0.39, 0.29) is 17.4 Å². The number of benzene rings is 3. The van der Waals surface area contributed by atoms with Gasteiger partial charge in [0, 0.05) is 16.8 Å². The number of methoxy groups -OCH3 is 1. The van der Waals surface area contributed by atoms with Gasteiger partial charge in [-0.2, -0.15) is 0 Å². The van der Waals surface area contributed by atoms with Gasteiger partial charge in [-0.3, -0.25) is 14.5 Å². The third-order valence-electron chi connectivity index (χ3n) is 6.17. The summed E-state index contributed by atoms with van der Waals surface area (Å²) in [5, 5.41) is 11.5. The fraction of sp³-hybridized carbons (Fsp3) is 0.267. The second-order valence-electron chi connectivity index (χ2n) is 9.40. The van der Waals surface area contributed by atoms with Crippen LogP contribution in [0, 0.1) is 20.8 Å². The lowest BCUT2D eigenvalue weighted by molar-refractivity contribution is -0.132. The summed E-state index contributed by atoms with van der Waals surface area (Å²) in [4.78, 5) is 28.4. The zero-order chi connectivity index (χ0) is 26.1. The fourth-order valence-corrected chi connectivity index (χ4v) is 4.71. The van der Waals surface area contributed by atoms with Gasteiger partial charge in [-0.15, -0.1) is 0 Å². The lowest BCUT2D eigenvalue weighted by Crippen LogP contribution is -2.29. The van der Waals surface area contributed by atoms with Crippen molar-refractivity contribution in [3.63, 3.8) is 0 Å². The molecule has 0 spiro atoms. The highest BCUT2D eigenvalue weighted by Crippen LogP contribution is 2.45. The molecule has 1 amide bonds. The highest BCUT2D eigenvalue weighted by Gasteiger charge is 2.48. The van der Waals surface area contributed by atoms with Gasteiger partial charge in [-0.05, 0) is 87.7 Å². The molecule has 6 nitrogen and oxygen atoms in total. The molecule has 1 fully saturated rings. The molecule has 4 rings (SSSR count). The van der Waals surface area contributed by atoms with Crippen molar-refractivity contribution >= 4 is 23.1 Å². The number of anilines is 1. The molecular formula is C30H31NO5. The van der Waals surface area contributed by atoms with Crippen molar-refractivity contribution in [2.24, 2.45) is 0 Å². The molecule has 6 heteroatoms. The molecule has 1 saturated heterocycles. The number of rotatable bonds is 6. The number of hydrogen-bond donors (Lipinski definition) is 1. The molecule has 1 aliphatic heterocycles. The zero-order valence-corrected chi connectivity index (χ0v) is 21.5. The number of para-hydroxylation sites is 1. The van der Waals surface area contributed by atoms with Crippen LogP contribution < -0.4 is 14.4 Å². The Bertz CT molecular complexity index is 1350. The van der Waals surface area contributed by atoms with Crippen molar-refractivity contribution in [1.29, 1.82) is 0 Å². The molecule has 1 heterocycles. The number of ether oxygens (including phenoxy) is 2. The number of ketones is 1. The average molecular weight is 486 g/mol. The van der Waals surface area contributed by atoms with Crippen molar-refractivity contribution in [1.82, 2.24) is 0 Å². The first-order valence-electron chi connectivity index (χ1n) is 11.9. The number of carbonyl (C=O) groups excluding carboxylic acids is 2. The topological polar surface area (TPSA) is 76.1 Å². The molecule has 1 unspecified atom stereocenters. The molecule has 0 bridgehead atoms. The van der Waals surface area contributed by atoms with Crippen LogP contribution in [0.3, 0.4) is 0 Å². The Kier molecular flexibility index (Phi) is 6.88. The molecule has 36 heavy (non-hydrogen) atoms. The molecule has 1 N–H and O–H groups in total. The molecule has 0 aliphatic carbocycles. The quantitative estimate of drug-likeness (QED) is 0.262. The third-order valence-corrected chi connectivity index (χ3v) is 6.17. The first-order chi connectivity index (χ1) is 17.1. The van der Waals surface area contributed by atoms with Gasteiger partial charge in [0.2, 0.25) is 0 Å². The Morgan fingerprint density at radius 3 is 2.19 bits per heavy atom. The minimum atomic E-state index is -0.866. The molecule has 186 valence electrons. The number of carbonyl (C=O) groups is 2. The summed E-state index contributed by atoms with van der Waals surface area (Å²) < 4.78 is 11.4. The summed E-state index contributed by atoms with van der Waals surface area (Å²) >= 11 is 0. The molecular weight excluding hydrogens is 454 g/mol. The van der Waals surface area contributed by atoms with Gasteiger partial charge in [0.1, 0.15) is 17.3 Å². The monoisotopic (exact) mass is 485 g/mol. The predicted molar refractivity (Wildman–Crippen MR) is 141 cm³/mol. The zero-order valence-electron chi connectivity index (χ0n) is 21.5. The Labute approximate surface area is 211 Å². The number of aryl methyl sites for hydroxylation is 3. The lowest BCUT2D eigenvalue weighted by Gasteiger charge is -2.27. The standard InChI is InChI=1S/C30H31NO5/c1-17(2)36-24-12-11-21(16-20(24)5)28(32)26-27(23-9-7-8-10-25(23)35-6)31(30(34)29(26)33)22-14-18(3)13-19(4)15-22/h7-17,27,32H,1-6H3/b28-26+. The SMILES string of the molecule is COc1ccccc1C1/C(=C(\O)c2ccc(OC(C)C)c(C)c2)C(=O)C(=O)N1c1cc(C)cc(C)c1. The molecule has 0 radical (unpaired) electrons. The van der Waals surface area contributed by atoms with Crippen molar-refractivity contribution in [2.45, 2.75) is 46.8 Å². The van der Waals surface area contributed by atoms with E-state index in [1.807, 2.05) is 71.0 Å². The summed E-state index contributed by atoms with van der Waals surface area (Å²) in [6.45, 7) is 9.63. The van der Waals surface area contributed by atoms with Gasteiger partial charge in [-0.25, -0.2) is 0 Å². The smallest absolute Gasteiger partial charge is 0.300 e. The van der Waals surface area contributed by atoms with E-state index in [9.17, 15) is 14.7 Å². The summed E-state index contributed by atoms with van der Waals surface area (Å²) in [5.41, 5.74) is 4.37. The van der Waals surface area contributed by atoms with E-state index in [2.05, 4.69) is 0 Å². The van der Waals surface area contributed by atoms with Gasteiger partial charge >= 0.3 is 0 Å². The highest BCUT2D eigenvalue weighted by molar-refractivity contribution is 6.51. The average Bonchev–Trinajstić information content (AvgIpc) is 3.09. The number of hydrogen-bond acceptors (Lipinski definition) is 5. The number of aliphatic hydroxyl groups is 1. The largest absolute Gasteiger partial charge is 0.507 e. The minimum absolute atomic E-state index is 0.00296. The van der Waals surface area contributed by atoms with E-state index in [1.54, 1.807) is 31.4 Å². The number of nitrogens with zero attached hydrogens (tertiary/aromatic N) is 1. The Morgan fingerprint density at radius 1 is 0.917 bits per heavy atom. The Morgan fingerprint density at radius 2 is 1.58 bits per heavy atom. The van der Waals surface area contributed by atoms with Gasteiger partial charge in [0.25, 0.3) is 11.7 Å². The Hall–Kier alpha value is -4.06. The maximum absolute atomic E-state index is 13.5. The van der Waals surface area contributed by atoms with Crippen LogP contribution in [0.25, 0.3) is 5.76 Å². The van der Waals surface area contributed by atoms with Crippen LogP contribution in [0.5, 0.6) is 11.5 Å². The van der Waals surface area contributed by atoms with Gasteiger partial charge in [0.15, 0.2) is 0 Å². The molecule has 0 saturated carbocycles. The van der Waals surface area contributed by atoms with Crippen molar-refractivity contribution in [2.75, 3.05) is 12.0 Å². The van der Waals surface area contributed by atoms with Crippen LogP contribution in [0.2, 0.25) is 0 Å². The molecule has 3 aromatic carbocycles. The third kappa shape index (κ3) is 4.59.